The van der Waals surface area contributed by atoms with E-state index >= 15 is 0 Å². The van der Waals surface area contributed by atoms with Gasteiger partial charge in [0.1, 0.15) is 12.4 Å². The van der Waals surface area contributed by atoms with E-state index in [9.17, 15) is 4.79 Å². The minimum atomic E-state index is -0.259. The number of rotatable bonds is 2. The topological polar surface area (TPSA) is 35.5 Å². The molecule has 2 aromatic carbocycles. The summed E-state index contributed by atoms with van der Waals surface area (Å²) in [5.74, 6) is 0.503. The van der Waals surface area contributed by atoms with Crippen molar-refractivity contribution in [2.24, 2.45) is 0 Å². The zero-order valence-electron chi connectivity index (χ0n) is 11.9. The van der Waals surface area contributed by atoms with Gasteiger partial charge in [0.2, 0.25) is 0 Å². The summed E-state index contributed by atoms with van der Waals surface area (Å²) in [6.45, 7) is 4.70. The Hall–Kier alpha value is -2.55. The van der Waals surface area contributed by atoms with Gasteiger partial charge in [-0.15, -0.1) is 0 Å². The summed E-state index contributed by atoms with van der Waals surface area (Å²) in [5.41, 5.74) is 5.01. The second kappa shape index (κ2) is 5.44. The van der Waals surface area contributed by atoms with Gasteiger partial charge in [0.05, 0.1) is 13.5 Å². The average Bonchev–Trinajstić information content (AvgIpc) is 2.65. The average molecular weight is 280 g/mol. The number of carbonyl (C=O) groups excluding carboxylic acids is 1. The van der Waals surface area contributed by atoms with Crippen LogP contribution < -0.4 is 4.74 Å². The molecule has 3 heteroatoms. The van der Waals surface area contributed by atoms with Crippen molar-refractivity contribution in [3.63, 3.8) is 0 Å². The molecule has 0 aromatic heterocycles. The maximum atomic E-state index is 11.4. The lowest BCUT2D eigenvalue weighted by atomic mass is 9.95. The fourth-order valence-electron chi connectivity index (χ4n) is 2.53. The van der Waals surface area contributed by atoms with Crippen molar-refractivity contribution in [3.05, 3.63) is 71.3 Å². The molecule has 0 unspecified atom stereocenters. The second-order valence-electron chi connectivity index (χ2n) is 5.01. The minimum Gasteiger partial charge on any atom is -0.488 e. The SMILES string of the molecule is C=C1c2ccccc2COc2cc(CC(=O)OC)ccc21. The number of hydrogen-bond acceptors (Lipinski definition) is 3. The van der Waals surface area contributed by atoms with Gasteiger partial charge in [-0.1, -0.05) is 43.0 Å². The summed E-state index contributed by atoms with van der Waals surface area (Å²) in [4.78, 5) is 11.4. The van der Waals surface area contributed by atoms with E-state index in [0.717, 1.165) is 33.6 Å². The smallest absolute Gasteiger partial charge is 0.309 e. The molecule has 0 fully saturated rings. The molecule has 0 atom stereocenters. The van der Waals surface area contributed by atoms with Crippen LogP contribution in [0.5, 0.6) is 5.75 Å². The highest BCUT2D eigenvalue weighted by molar-refractivity contribution is 5.84. The van der Waals surface area contributed by atoms with Crippen LogP contribution in [-0.2, 0) is 22.6 Å². The summed E-state index contributed by atoms with van der Waals surface area (Å²) in [6, 6.07) is 13.9. The van der Waals surface area contributed by atoms with Crippen molar-refractivity contribution in [1.29, 1.82) is 0 Å². The fraction of sp³-hybridized carbons (Fsp3) is 0.167. The van der Waals surface area contributed by atoms with Crippen LogP contribution in [0.15, 0.2) is 49.0 Å². The summed E-state index contributed by atoms with van der Waals surface area (Å²) >= 11 is 0. The van der Waals surface area contributed by atoms with Crippen LogP contribution in [0.25, 0.3) is 5.57 Å². The van der Waals surface area contributed by atoms with E-state index in [1.54, 1.807) is 0 Å². The predicted octanol–water partition coefficient (Wildman–Crippen LogP) is 3.36. The fourth-order valence-corrected chi connectivity index (χ4v) is 2.53. The molecule has 1 heterocycles. The van der Waals surface area contributed by atoms with E-state index in [2.05, 4.69) is 12.6 Å². The van der Waals surface area contributed by atoms with E-state index in [0.29, 0.717) is 6.61 Å². The Kier molecular flexibility index (Phi) is 3.48. The maximum Gasteiger partial charge on any atom is 0.309 e. The summed E-state index contributed by atoms with van der Waals surface area (Å²) < 4.78 is 10.6. The quantitative estimate of drug-likeness (QED) is 0.791. The van der Waals surface area contributed by atoms with Crippen molar-refractivity contribution < 1.29 is 14.3 Å². The molecular formula is C18H16O3. The Balaban J connectivity index is 1.99. The van der Waals surface area contributed by atoms with Gasteiger partial charge in [0.15, 0.2) is 0 Å². The molecule has 0 bridgehead atoms. The molecule has 1 aliphatic rings. The van der Waals surface area contributed by atoms with Crippen LogP contribution in [0.3, 0.4) is 0 Å². The molecule has 0 aliphatic carbocycles. The van der Waals surface area contributed by atoms with Crippen LogP contribution in [0.4, 0.5) is 0 Å². The van der Waals surface area contributed by atoms with Gasteiger partial charge in [-0.25, -0.2) is 0 Å². The molecule has 0 spiro atoms. The number of methoxy groups -OCH3 is 1. The van der Waals surface area contributed by atoms with Crippen molar-refractivity contribution in [1.82, 2.24) is 0 Å². The third kappa shape index (κ3) is 2.55. The van der Waals surface area contributed by atoms with Gasteiger partial charge in [0.25, 0.3) is 0 Å². The first-order valence-electron chi connectivity index (χ1n) is 6.79. The number of benzene rings is 2. The van der Waals surface area contributed by atoms with Gasteiger partial charge in [0, 0.05) is 5.56 Å². The van der Waals surface area contributed by atoms with Crippen LogP contribution >= 0.6 is 0 Å². The Morgan fingerprint density at radius 1 is 1.24 bits per heavy atom. The standard InChI is InChI=1S/C18H16O3/c1-12-15-6-4-3-5-14(15)11-21-17-9-13(7-8-16(12)17)10-18(19)20-2/h3-9H,1,10-11H2,2H3. The lowest BCUT2D eigenvalue weighted by molar-refractivity contribution is -0.139. The highest BCUT2D eigenvalue weighted by Gasteiger charge is 2.18. The van der Waals surface area contributed by atoms with Crippen molar-refractivity contribution in [2.45, 2.75) is 13.0 Å². The molecule has 1 aliphatic heterocycles. The van der Waals surface area contributed by atoms with Gasteiger partial charge in [-0.2, -0.15) is 0 Å². The van der Waals surface area contributed by atoms with Crippen molar-refractivity contribution in [2.75, 3.05) is 7.11 Å². The molecule has 3 nitrogen and oxygen atoms in total. The maximum absolute atomic E-state index is 11.4. The monoisotopic (exact) mass is 280 g/mol. The normalized spacial score (nSPS) is 12.7. The molecule has 2 aromatic rings. The number of carbonyl (C=O) groups is 1. The van der Waals surface area contributed by atoms with E-state index in [4.69, 9.17) is 9.47 Å². The van der Waals surface area contributed by atoms with E-state index in [-0.39, 0.29) is 12.4 Å². The Morgan fingerprint density at radius 2 is 2.05 bits per heavy atom. The van der Waals surface area contributed by atoms with Gasteiger partial charge in [-0.05, 0) is 28.3 Å². The zero-order chi connectivity index (χ0) is 14.8. The molecule has 0 N–H and O–H groups in total. The van der Waals surface area contributed by atoms with E-state index in [1.807, 2.05) is 36.4 Å². The summed E-state index contributed by atoms with van der Waals surface area (Å²) in [6.07, 6.45) is 0.243. The molecule has 0 saturated heterocycles. The van der Waals surface area contributed by atoms with Crippen LogP contribution in [0.2, 0.25) is 0 Å². The Morgan fingerprint density at radius 3 is 2.86 bits per heavy atom. The first kappa shape index (κ1) is 13.4. The van der Waals surface area contributed by atoms with E-state index < -0.39 is 0 Å². The van der Waals surface area contributed by atoms with Crippen molar-refractivity contribution in [3.8, 4) is 5.75 Å². The molecule has 0 radical (unpaired) electrons. The van der Waals surface area contributed by atoms with Gasteiger partial charge >= 0.3 is 5.97 Å². The first-order chi connectivity index (χ1) is 10.2. The Labute approximate surface area is 123 Å². The highest BCUT2D eigenvalue weighted by atomic mass is 16.5. The molecular weight excluding hydrogens is 264 g/mol. The third-order valence-corrected chi connectivity index (χ3v) is 3.67. The predicted molar refractivity (Wildman–Crippen MR) is 81.1 cm³/mol. The lowest BCUT2D eigenvalue weighted by Gasteiger charge is -2.10. The van der Waals surface area contributed by atoms with Gasteiger partial charge in [-0.3, -0.25) is 4.79 Å². The zero-order valence-corrected chi connectivity index (χ0v) is 11.9. The van der Waals surface area contributed by atoms with Gasteiger partial charge < -0.3 is 9.47 Å². The second-order valence-corrected chi connectivity index (χ2v) is 5.01. The molecule has 0 saturated carbocycles. The number of esters is 1. The number of ether oxygens (including phenoxy) is 2. The van der Waals surface area contributed by atoms with Crippen LogP contribution in [-0.4, -0.2) is 13.1 Å². The first-order valence-corrected chi connectivity index (χ1v) is 6.79. The third-order valence-electron chi connectivity index (χ3n) is 3.67. The Bertz CT molecular complexity index is 716. The molecule has 0 amide bonds. The molecule has 106 valence electrons. The lowest BCUT2D eigenvalue weighted by Crippen LogP contribution is -2.05. The highest BCUT2D eigenvalue weighted by Crippen LogP contribution is 2.36. The molecule has 21 heavy (non-hydrogen) atoms. The minimum absolute atomic E-state index is 0.243. The number of hydrogen-bond donors (Lipinski definition) is 0. The largest absolute Gasteiger partial charge is 0.488 e. The molecule has 3 rings (SSSR count). The summed E-state index contributed by atoms with van der Waals surface area (Å²) in [5, 5.41) is 0. The van der Waals surface area contributed by atoms with E-state index in [1.165, 1.54) is 7.11 Å². The number of fused-ring (bicyclic) bond motifs is 2. The van der Waals surface area contributed by atoms with Crippen LogP contribution in [0.1, 0.15) is 22.3 Å². The van der Waals surface area contributed by atoms with Crippen LogP contribution in [0, 0.1) is 0 Å². The summed E-state index contributed by atoms with van der Waals surface area (Å²) in [7, 11) is 1.39. The van der Waals surface area contributed by atoms with Crippen molar-refractivity contribution >= 4 is 11.5 Å².